The third-order valence-corrected chi connectivity index (χ3v) is 5.07. The SMILES string of the molecule is CCOc1c(Br)cc(/C=C2/C(=O)N(c3ccccc3)N=C2C)cc1I. The second-order valence-electron chi connectivity index (χ2n) is 5.44. The van der Waals surface area contributed by atoms with Crippen LogP contribution in [0.2, 0.25) is 0 Å². The average Bonchev–Trinajstić information content (AvgIpc) is 2.87. The van der Waals surface area contributed by atoms with Crippen LogP contribution in [0.15, 0.2) is 57.6 Å². The molecular weight excluding hydrogens is 495 g/mol. The fourth-order valence-electron chi connectivity index (χ4n) is 2.54. The predicted molar refractivity (Wildman–Crippen MR) is 113 cm³/mol. The molecule has 0 saturated heterocycles. The number of ether oxygens (including phenoxy) is 1. The fourth-order valence-corrected chi connectivity index (χ4v) is 4.31. The molecule has 2 aromatic rings. The summed E-state index contributed by atoms with van der Waals surface area (Å²) in [6.45, 7) is 4.40. The maximum atomic E-state index is 12.8. The average molecular weight is 511 g/mol. The van der Waals surface area contributed by atoms with Crippen LogP contribution in [0, 0.1) is 3.57 Å². The van der Waals surface area contributed by atoms with E-state index in [9.17, 15) is 4.79 Å². The zero-order chi connectivity index (χ0) is 18.0. The Balaban J connectivity index is 1.95. The van der Waals surface area contributed by atoms with Crippen molar-refractivity contribution in [2.24, 2.45) is 5.10 Å². The minimum absolute atomic E-state index is 0.122. The summed E-state index contributed by atoms with van der Waals surface area (Å²) < 4.78 is 7.49. The molecule has 2 aromatic carbocycles. The Morgan fingerprint density at radius 3 is 2.64 bits per heavy atom. The number of hydrazone groups is 1. The molecule has 0 bridgehead atoms. The van der Waals surface area contributed by atoms with Crippen molar-refractivity contribution in [1.82, 2.24) is 0 Å². The van der Waals surface area contributed by atoms with E-state index in [0.29, 0.717) is 17.9 Å². The smallest absolute Gasteiger partial charge is 0.280 e. The van der Waals surface area contributed by atoms with Gasteiger partial charge in [-0.2, -0.15) is 10.1 Å². The maximum Gasteiger partial charge on any atom is 0.280 e. The van der Waals surface area contributed by atoms with Gasteiger partial charge >= 0.3 is 0 Å². The van der Waals surface area contributed by atoms with Crippen LogP contribution in [0.25, 0.3) is 6.08 Å². The van der Waals surface area contributed by atoms with Gasteiger partial charge in [0, 0.05) is 0 Å². The minimum Gasteiger partial charge on any atom is -0.492 e. The molecule has 6 heteroatoms. The Morgan fingerprint density at radius 2 is 2.00 bits per heavy atom. The van der Waals surface area contributed by atoms with E-state index in [-0.39, 0.29) is 5.91 Å². The number of anilines is 1. The van der Waals surface area contributed by atoms with Gasteiger partial charge in [0.1, 0.15) is 5.75 Å². The van der Waals surface area contributed by atoms with Crippen LogP contribution in [0.4, 0.5) is 5.69 Å². The van der Waals surface area contributed by atoms with Crippen molar-refractivity contribution >= 4 is 61.9 Å². The molecule has 0 N–H and O–H groups in total. The van der Waals surface area contributed by atoms with Crippen molar-refractivity contribution in [3.63, 3.8) is 0 Å². The second kappa shape index (κ2) is 7.70. The summed E-state index contributed by atoms with van der Waals surface area (Å²) in [5, 5.41) is 5.84. The lowest BCUT2D eigenvalue weighted by molar-refractivity contribution is -0.114. The van der Waals surface area contributed by atoms with Crippen molar-refractivity contribution in [2.45, 2.75) is 13.8 Å². The highest BCUT2D eigenvalue weighted by Gasteiger charge is 2.28. The zero-order valence-electron chi connectivity index (χ0n) is 13.8. The molecule has 0 aromatic heterocycles. The van der Waals surface area contributed by atoms with Gasteiger partial charge in [-0.25, -0.2) is 0 Å². The van der Waals surface area contributed by atoms with E-state index >= 15 is 0 Å². The molecular formula is C19H16BrIN2O2. The summed E-state index contributed by atoms with van der Waals surface area (Å²) >= 11 is 5.78. The van der Waals surface area contributed by atoms with Gasteiger partial charge < -0.3 is 4.74 Å². The van der Waals surface area contributed by atoms with Crippen molar-refractivity contribution in [3.05, 3.63) is 61.6 Å². The van der Waals surface area contributed by atoms with Gasteiger partial charge in [0.25, 0.3) is 5.91 Å². The van der Waals surface area contributed by atoms with Crippen molar-refractivity contribution in [2.75, 3.05) is 11.6 Å². The van der Waals surface area contributed by atoms with E-state index in [4.69, 9.17) is 4.74 Å². The first kappa shape index (κ1) is 18.1. The molecule has 0 aliphatic carbocycles. The number of benzene rings is 2. The Labute approximate surface area is 168 Å². The Bertz CT molecular complexity index is 855. The standard InChI is InChI=1S/C19H16BrIN2O2/c1-3-25-18-16(20)10-13(11-17(18)21)9-15-12(2)22-23(19(15)24)14-7-5-4-6-8-14/h4-11H,3H2,1-2H3/b15-9+. The quantitative estimate of drug-likeness (QED) is 0.416. The first-order valence-corrected chi connectivity index (χ1v) is 9.67. The lowest BCUT2D eigenvalue weighted by Gasteiger charge is -2.11. The van der Waals surface area contributed by atoms with Crippen LogP contribution in [0.1, 0.15) is 19.4 Å². The van der Waals surface area contributed by atoms with Gasteiger partial charge in [0.15, 0.2) is 0 Å². The number of nitrogens with zero attached hydrogens (tertiary/aromatic N) is 2. The summed E-state index contributed by atoms with van der Waals surface area (Å²) in [6.07, 6.45) is 1.87. The largest absolute Gasteiger partial charge is 0.492 e. The molecule has 0 atom stereocenters. The van der Waals surface area contributed by atoms with Crippen LogP contribution in [-0.4, -0.2) is 18.2 Å². The van der Waals surface area contributed by atoms with Gasteiger partial charge in [0.05, 0.1) is 31.6 Å². The number of rotatable bonds is 4. The van der Waals surface area contributed by atoms with Crippen LogP contribution in [0.3, 0.4) is 0 Å². The first-order chi connectivity index (χ1) is 12.0. The number of halogens is 2. The molecule has 25 heavy (non-hydrogen) atoms. The highest BCUT2D eigenvalue weighted by Crippen LogP contribution is 2.33. The Morgan fingerprint density at radius 1 is 1.28 bits per heavy atom. The van der Waals surface area contributed by atoms with E-state index in [1.807, 2.05) is 62.4 Å². The van der Waals surface area contributed by atoms with Crippen LogP contribution in [0.5, 0.6) is 5.75 Å². The van der Waals surface area contributed by atoms with Gasteiger partial charge in [0.2, 0.25) is 0 Å². The second-order valence-corrected chi connectivity index (χ2v) is 7.46. The molecule has 1 aliphatic heterocycles. The monoisotopic (exact) mass is 510 g/mol. The highest BCUT2D eigenvalue weighted by atomic mass is 127. The third-order valence-electron chi connectivity index (χ3n) is 3.68. The van der Waals surface area contributed by atoms with Crippen molar-refractivity contribution in [1.29, 1.82) is 0 Å². The first-order valence-electron chi connectivity index (χ1n) is 7.80. The topological polar surface area (TPSA) is 41.9 Å². The Hall–Kier alpha value is -1.67. The maximum absolute atomic E-state index is 12.8. The molecule has 0 radical (unpaired) electrons. The van der Waals surface area contributed by atoms with Crippen LogP contribution >= 0.6 is 38.5 Å². The molecule has 0 spiro atoms. The summed E-state index contributed by atoms with van der Waals surface area (Å²) in [4.78, 5) is 12.8. The summed E-state index contributed by atoms with van der Waals surface area (Å²) in [7, 11) is 0. The lowest BCUT2D eigenvalue weighted by Crippen LogP contribution is -2.21. The van der Waals surface area contributed by atoms with Crippen LogP contribution in [-0.2, 0) is 4.79 Å². The van der Waals surface area contributed by atoms with Crippen molar-refractivity contribution < 1.29 is 9.53 Å². The molecule has 0 saturated carbocycles. The molecule has 4 nitrogen and oxygen atoms in total. The molecule has 128 valence electrons. The van der Waals surface area contributed by atoms with Crippen molar-refractivity contribution in [3.8, 4) is 5.75 Å². The van der Waals surface area contributed by atoms with Gasteiger partial charge in [-0.3, -0.25) is 4.79 Å². The lowest BCUT2D eigenvalue weighted by atomic mass is 10.1. The number of hydrogen-bond acceptors (Lipinski definition) is 3. The molecule has 1 amide bonds. The number of carbonyl (C=O) groups excluding carboxylic acids is 1. The zero-order valence-corrected chi connectivity index (χ0v) is 17.5. The van der Waals surface area contributed by atoms with E-state index in [0.717, 1.165) is 25.0 Å². The number of hydrogen-bond donors (Lipinski definition) is 0. The normalized spacial score (nSPS) is 15.7. The van der Waals surface area contributed by atoms with E-state index in [1.165, 1.54) is 5.01 Å². The minimum atomic E-state index is -0.122. The number of carbonyl (C=O) groups is 1. The highest BCUT2D eigenvalue weighted by molar-refractivity contribution is 14.1. The van der Waals surface area contributed by atoms with E-state index < -0.39 is 0 Å². The fraction of sp³-hybridized carbons (Fsp3) is 0.158. The molecule has 0 fully saturated rings. The van der Waals surface area contributed by atoms with E-state index in [1.54, 1.807) is 0 Å². The van der Waals surface area contributed by atoms with E-state index in [2.05, 4.69) is 43.6 Å². The molecule has 1 aliphatic rings. The molecule has 0 unspecified atom stereocenters. The summed E-state index contributed by atoms with van der Waals surface area (Å²) in [5.74, 6) is 0.697. The van der Waals surface area contributed by atoms with Crippen LogP contribution < -0.4 is 9.75 Å². The molecule has 3 rings (SSSR count). The summed E-state index contributed by atoms with van der Waals surface area (Å²) in [5.41, 5.74) is 2.98. The van der Waals surface area contributed by atoms with Gasteiger partial charge in [-0.1, -0.05) is 18.2 Å². The van der Waals surface area contributed by atoms with Gasteiger partial charge in [-0.05, 0) is 88.3 Å². The molecule has 1 heterocycles. The predicted octanol–water partition coefficient (Wildman–Crippen LogP) is 5.26. The number of para-hydroxylation sites is 1. The van der Waals surface area contributed by atoms with Gasteiger partial charge in [-0.15, -0.1) is 0 Å². The number of amides is 1. The summed E-state index contributed by atoms with van der Waals surface area (Å²) in [6, 6.07) is 13.4. The third kappa shape index (κ3) is 3.79. The Kier molecular flexibility index (Phi) is 5.58.